The van der Waals surface area contributed by atoms with Crippen LogP contribution in [0.25, 0.3) is 22.2 Å². The van der Waals surface area contributed by atoms with Crippen LogP contribution in [0.5, 0.6) is 5.75 Å². The molecule has 2 aromatic heterocycles. The molecule has 47 heavy (non-hydrogen) atoms. The predicted molar refractivity (Wildman–Crippen MR) is 188 cm³/mol. The van der Waals surface area contributed by atoms with Crippen molar-refractivity contribution in [2.24, 2.45) is 16.6 Å². The second-order valence-corrected chi connectivity index (χ2v) is 20.5. The Balaban J connectivity index is 1.58. The lowest BCUT2D eigenvalue weighted by Gasteiger charge is -2.33. The van der Waals surface area contributed by atoms with E-state index in [2.05, 4.69) is 36.3 Å². The Hall–Kier alpha value is -3.08. The molecule has 9 nitrogen and oxygen atoms in total. The number of amides is 1. The molecule has 1 amide bonds. The van der Waals surface area contributed by atoms with Crippen LogP contribution in [-0.4, -0.2) is 61.2 Å². The minimum absolute atomic E-state index is 0.181. The van der Waals surface area contributed by atoms with Crippen LogP contribution in [0, 0.1) is 17.8 Å². The molecule has 0 radical (unpaired) electrons. The van der Waals surface area contributed by atoms with Crippen molar-refractivity contribution < 1.29 is 23.8 Å². The summed E-state index contributed by atoms with van der Waals surface area (Å²) in [6.07, 6.45) is 8.88. The van der Waals surface area contributed by atoms with Gasteiger partial charge in [-0.1, -0.05) is 45.5 Å². The van der Waals surface area contributed by atoms with Crippen LogP contribution in [0.2, 0.25) is 25.7 Å². The number of Topliss-reactive ketones (excluding diaryl/α,β-unsaturated/α-hetero) is 1. The zero-order valence-electron chi connectivity index (χ0n) is 29.3. The van der Waals surface area contributed by atoms with Crippen LogP contribution in [-0.2, 0) is 25.8 Å². The number of methoxy groups -OCH3 is 1. The molecule has 1 spiro atoms. The highest BCUT2D eigenvalue weighted by molar-refractivity contribution is 6.76. The Kier molecular flexibility index (Phi) is 10.9. The number of unbranched alkanes of at least 4 members (excludes halogenated alkanes) is 2. The molecule has 1 saturated heterocycles. The van der Waals surface area contributed by atoms with Crippen molar-refractivity contribution in [3.05, 3.63) is 42.0 Å². The lowest BCUT2D eigenvalue weighted by molar-refractivity contribution is -0.126. The number of primary amides is 1. The molecule has 2 atom stereocenters. The largest absolute Gasteiger partial charge is 0.496 e. The van der Waals surface area contributed by atoms with Gasteiger partial charge in [0, 0.05) is 69.4 Å². The maximum atomic E-state index is 13.7. The van der Waals surface area contributed by atoms with Gasteiger partial charge in [-0.2, -0.15) is 0 Å². The summed E-state index contributed by atoms with van der Waals surface area (Å²) in [6, 6.07) is 9.24. The summed E-state index contributed by atoms with van der Waals surface area (Å²) >= 11 is 0. The van der Waals surface area contributed by atoms with Crippen molar-refractivity contribution in [3.8, 4) is 17.0 Å². The maximum Gasteiger partial charge on any atom is 0.224 e. The average molecular weight is 663 g/mol. The molecule has 2 fully saturated rings. The van der Waals surface area contributed by atoms with E-state index in [0.717, 1.165) is 84.7 Å². The summed E-state index contributed by atoms with van der Waals surface area (Å²) in [5.74, 6) is 1.41. The van der Waals surface area contributed by atoms with Crippen LogP contribution in [0.4, 0.5) is 0 Å². The van der Waals surface area contributed by atoms with Gasteiger partial charge in [-0.15, -0.1) is 0 Å². The monoisotopic (exact) mass is 662 g/mol. The van der Waals surface area contributed by atoms with Crippen LogP contribution < -0.4 is 10.5 Å². The Labute approximate surface area is 281 Å². The third-order valence-corrected chi connectivity index (χ3v) is 12.3. The number of rotatable bonds is 17. The number of nitrogens with two attached hydrogens (primary N) is 1. The highest BCUT2D eigenvalue weighted by Gasteiger charge is 2.74. The molecule has 1 aromatic carbocycles. The van der Waals surface area contributed by atoms with Gasteiger partial charge in [0.2, 0.25) is 5.91 Å². The van der Waals surface area contributed by atoms with Gasteiger partial charge >= 0.3 is 0 Å². The molecule has 3 aromatic rings. The highest BCUT2D eigenvalue weighted by Crippen LogP contribution is 2.74. The normalized spacial score (nSPS) is 19.6. The average Bonchev–Trinajstić information content (AvgIpc) is 3.48. The van der Waals surface area contributed by atoms with Crippen molar-refractivity contribution in [3.63, 3.8) is 0 Å². The first-order valence-electron chi connectivity index (χ1n) is 17.4. The van der Waals surface area contributed by atoms with Crippen molar-refractivity contribution in [2.45, 2.75) is 110 Å². The number of hydrogen-bond acceptors (Lipinski definition) is 7. The van der Waals surface area contributed by atoms with Crippen molar-refractivity contribution >= 4 is 30.7 Å². The Morgan fingerprint density at radius 1 is 1.13 bits per heavy atom. The van der Waals surface area contributed by atoms with Gasteiger partial charge in [0.25, 0.3) is 0 Å². The van der Waals surface area contributed by atoms with E-state index < -0.39 is 13.5 Å². The first-order chi connectivity index (χ1) is 22.4. The minimum Gasteiger partial charge on any atom is -0.496 e. The molecule has 1 aliphatic heterocycles. The van der Waals surface area contributed by atoms with Crippen LogP contribution in [0.1, 0.15) is 82.1 Å². The standard InChI is InChI=1S/C37H54N4O5Si/c1-7-28(42)11-9-8-10-12-30(37(35(38)43)24-36(37)15-17-45-18-16-36)34-39-23-32(41(34)25-46-19-20-47(4,5)6)29-21-27-14-13-26(2)40-31(27)22-33(29)44-3/h13-14,21-23,30H,7-12,15-20,24-25H2,1-6H3,(H2,38,43)/t30-,37?/m1/s1. The maximum absolute atomic E-state index is 13.7. The SMILES string of the molecule is CCC(=O)CCCCC[C@H](c1ncc(-c2cc3ccc(C)nc3cc2OC)n1COCC[Si](C)(C)C)C1(C(N)=O)CC12CCOCC2. The fraction of sp³-hybridized carbons (Fsp3) is 0.622. The number of benzene rings is 1. The Morgan fingerprint density at radius 3 is 2.57 bits per heavy atom. The first-order valence-corrected chi connectivity index (χ1v) is 21.1. The Bertz CT molecular complexity index is 1570. The third kappa shape index (κ3) is 7.49. The van der Waals surface area contributed by atoms with E-state index in [1.165, 1.54) is 0 Å². The minimum atomic E-state index is -1.31. The van der Waals surface area contributed by atoms with Crippen molar-refractivity contribution in [1.82, 2.24) is 14.5 Å². The molecule has 2 N–H and O–H groups in total. The second kappa shape index (κ2) is 14.6. The number of pyridine rings is 1. The molecule has 256 valence electrons. The summed E-state index contributed by atoms with van der Waals surface area (Å²) in [6.45, 7) is 13.2. The zero-order valence-corrected chi connectivity index (χ0v) is 30.3. The highest BCUT2D eigenvalue weighted by atomic mass is 28.3. The number of nitrogens with zero attached hydrogens (tertiary/aromatic N) is 3. The molecule has 5 rings (SSSR count). The number of carbonyl (C=O) groups is 2. The summed E-state index contributed by atoms with van der Waals surface area (Å²) in [4.78, 5) is 35.5. The fourth-order valence-corrected chi connectivity index (χ4v) is 8.44. The van der Waals surface area contributed by atoms with E-state index in [4.69, 9.17) is 29.9 Å². The molecule has 0 bridgehead atoms. The van der Waals surface area contributed by atoms with Gasteiger partial charge < -0.3 is 24.5 Å². The summed E-state index contributed by atoms with van der Waals surface area (Å²) in [5.41, 5.74) is 9.12. The summed E-state index contributed by atoms with van der Waals surface area (Å²) < 4.78 is 20.3. The number of hydrogen-bond donors (Lipinski definition) is 1. The van der Waals surface area contributed by atoms with Gasteiger partial charge in [-0.05, 0) is 62.6 Å². The number of fused-ring (bicyclic) bond motifs is 1. The number of carbonyl (C=O) groups excluding carboxylic acids is 2. The number of imidazole rings is 1. The molecule has 10 heteroatoms. The smallest absolute Gasteiger partial charge is 0.224 e. The van der Waals surface area contributed by atoms with Crippen molar-refractivity contribution in [1.29, 1.82) is 0 Å². The van der Waals surface area contributed by atoms with Crippen molar-refractivity contribution in [2.75, 3.05) is 26.9 Å². The zero-order chi connectivity index (χ0) is 33.8. The topological polar surface area (TPSA) is 119 Å². The van der Waals surface area contributed by atoms with E-state index in [9.17, 15) is 9.59 Å². The number of ether oxygens (including phenoxy) is 3. The van der Waals surface area contributed by atoms with Gasteiger partial charge in [0.1, 0.15) is 24.1 Å². The van der Waals surface area contributed by atoms with E-state index in [-0.39, 0.29) is 17.2 Å². The molecule has 1 unspecified atom stereocenters. The molecular weight excluding hydrogens is 609 g/mol. The lowest BCUT2D eigenvalue weighted by atomic mass is 9.74. The quantitative estimate of drug-likeness (QED) is 0.118. The fourth-order valence-electron chi connectivity index (χ4n) is 7.68. The predicted octanol–water partition coefficient (Wildman–Crippen LogP) is 7.41. The molecule has 1 aliphatic carbocycles. The van der Waals surface area contributed by atoms with Crippen LogP contribution >= 0.6 is 0 Å². The summed E-state index contributed by atoms with van der Waals surface area (Å²) in [5, 5.41) is 1.01. The van der Waals surface area contributed by atoms with E-state index in [1.54, 1.807) is 7.11 Å². The Morgan fingerprint density at radius 2 is 1.89 bits per heavy atom. The first kappa shape index (κ1) is 35.2. The lowest BCUT2D eigenvalue weighted by Crippen LogP contribution is -2.39. The number of ketones is 1. The van der Waals surface area contributed by atoms with Crippen LogP contribution in [0.3, 0.4) is 0 Å². The van der Waals surface area contributed by atoms with E-state index in [1.807, 2.05) is 32.2 Å². The van der Waals surface area contributed by atoms with Gasteiger partial charge in [0.15, 0.2) is 0 Å². The molecule has 1 saturated carbocycles. The molecular formula is C37H54N4O5Si. The van der Waals surface area contributed by atoms with E-state index in [0.29, 0.717) is 50.9 Å². The van der Waals surface area contributed by atoms with Gasteiger partial charge in [-0.25, -0.2) is 4.98 Å². The second-order valence-electron chi connectivity index (χ2n) is 14.9. The molecule has 2 aliphatic rings. The van der Waals surface area contributed by atoms with E-state index >= 15 is 0 Å². The number of aryl methyl sites for hydroxylation is 1. The van der Waals surface area contributed by atoms with Gasteiger partial charge in [0.05, 0.1) is 29.9 Å². The molecule has 3 heterocycles. The van der Waals surface area contributed by atoms with Crippen LogP contribution in [0.15, 0.2) is 30.5 Å². The third-order valence-electron chi connectivity index (χ3n) is 10.6. The van der Waals surface area contributed by atoms with Gasteiger partial charge in [-0.3, -0.25) is 14.6 Å². The summed E-state index contributed by atoms with van der Waals surface area (Å²) in [7, 11) is 0.366. The number of aromatic nitrogens is 3.